The van der Waals surface area contributed by atoms with E-state index in [-0.39, 0.29) is 6.04 Å². The minimum Gasteiger partial charge on any atom is -0.306 e. The minimum absolute atomic E-state index is 0.273. The number of likely N-dealkylation sites (N-methyl/N-ethyl adjacent to an activating group) is 1. The number of aromatic nitrogens is 2. The van der Waals surface area contributed by atoms with Crippen molar-refractivity contribution in [2.75, 3.05) is 6.54 Å². The van der Waals surface area contributed by atoms with E-state index < -0.39 is 0 Å². The summed E-state index contributed by atoms with van der Waals surface area (Å²) in [6.45, 7) is 5.07. The molecule has 1 atom stereocenters. The van der Waals surface area contributed by atoms with Crippen molar-refractivity contribution in [3.63, 3.8) is 0 Å². The van der Waals surface area contributed by atoms with Crippen LogP contribution in [0.1, 0.15) is 56.6 Å². The first-order valence-electron chi connectivity index (χ1n) is 7.03. The zero-order chi connectivity index (χ0) is 12.8. The van der Waals surface area contributed by atoms with E-state index in [1.165, 1.54) is 37.7 Å². The fourth-order valence-corrected chi connectivity index (χ4v) is 2.57. The maximum atomic E-state index is 4.58. The lowest BCUT2D eigenvalue weighted by Gasteiger charge is -2.20. The summed E-state index contributed by atoms with van der Waals surface area (Å²) >= 11 is 0. The fraction of sp³-hybridized carbons (Fsp3) is 0.600. The van der Waals surface area contributed by atoms with E-state index in [9.17, 15) is 0 Å². The Morgan fingerprint density at radius 3 is 3.00 bits per heavy atom. The second-order valence-corrected chi connectivity index (χ2v) is 4.90. The summed E-state index contributed by atoms with van der Waals surface area (Å²) in [5.41, 5.74) is 2.62. The molecule has 1 N–H and O–H groups in total. The lowest BCUT2D eigenvalue weighted by Crippen LogP contribution is -2.24. The molecule has 3 nitrogen and oxygen atoms in total. The molecular weight excluding hydrogens is 222 g/mol. The van der Waals surface area contributed by atoms with E-state index in [4.69, 9.17) is 0 Å². The molecule has 1 aromatic rings. The van der Waals surface area contributed by atoms with E-state index in [1.807, 2.05) is 19.2 Å². The van der Waals surface area contributed by atoms with Gasteiger partial charge in [0.05, 0.1) is 11.7 Å². The molecule has 18 heavy (non-hydrogen) atoms. The Hall–Kier alpha value is -1.22. The van der Waals surface area contributed by atoms with Crippen molar-refractivity contribution in [3.8, 4) is 0 Å². The van der Waals surface area contributed by atoms with Gasteiger partial charge in [-0.2, -0.15) is 0 Å². The Kier molecular flexibility index (Phi) is 4.88. The lowest BCUT2D eigenvalue weighted by atomic mass is 9.99. The topological polar surface area (TPSA) is 37.8 Å². The van der Waals surface area contributed by atoms with E-state index in [2.05, 4.69) is 28.3 Å². The first-order valence-corrected chi connectivity index (χ1v) is 7.03. The fourth-order valence-electron chi connectivity index (χ4n) is 2.57. The molecule has 3 heteroatoms. The highest BCUT2D eigenvalue weighted by Gasteiger charge is 2.18. The first kappa shape index (κ1) is 13.2. The van der Waals surface area contributed by atoms with Crippen molar-refractivity contribution in [3.05, 3.63) is 35.4 Å². The second kappa shape index (κ2) is 6.64. The highest BCUT2D eigenvalue weighted by molar-refractivity contribution is 5.22. The smallest absolute Gasteiger partial charge is 0.125 e. The maximum absolute atomic E-state index is 4.58. The van der Waals surface area contributed by atoms with Crippen molar-refractivity contribution in [1.82, 2.24) is 15.3 Å². The van der Waals surface area contributed by atoms with Crippen LogP contribution in [-0.2, 0) is 0 Å². The molecule has 0 aromatic carbocycles. The quantitative estimate of drug-likeness (QED) is 0.827. The number of nitrogens with one attached hydrogen (secondary N) is 1. The average molecular weight is 245 g/mol. The third-order valence-corrected chi connectivity index (χ3v) is 3.45. The van der Waals surface area contributed by atoms with Crippen LogP contribution in [0.25, 0.3) is 0 Å². The van der Waals surface area contributed by atoms with Crippen molar-refractivity contribution in [1.29, 1.82) is 0 Å². The van der Waals surface area contributed by atoms with Gasteiger partial charge in [0.25, 0.3) is 0 Å². The van der Waals surface area contributed by atoms with E-state index in [1.54, 1.807) is 0 Å². The summed E-state index contributed by atoms with van der Waals surface area (Å²) in [4.78, 5) is 8.77. The molecule has 1 aliphatic rings. The number of hydrogen-bond acceptors (Lipinski definition) is 3. The largest absolute Gasteiger partial charge is 0.306 e. The Balaban J connectivity index is 2.24. The number of rotatable bonds is 4. The van der Waals surface area contributed by atoms with Crippen molar-refractivity contribution < 1.29 is 0 Å². The molecule has 0 radical (unpaired) electrons. The number of aryl methyl sites for hydroxylation is 1. The zero-order valence-electron chi connectivity index (χ0n) is 11.4. The van der Waals surface area contributed by atoms with E-state index >= 15 is 0 Å². The predicted molar refractivity (Wildman–Crippen MR) is 74.4 cm³/mol. The van der Waals surface area contributed by atoms with Crippen LogP contribution in [0.3, 0.4) is 0 Å². The molecule has 98 valence electrons. The van der Waals surface area contributed by atoms with Crippen LogP contribution >= 0.6 is 0 Å². The van der Waals surface area contributed by atoms with Crippen LogP contribution in [0.4, 0.5) is 0 Å². The van der Waals surface area contributed by atoms with Gasteiger partial charge in [0, 0.05) is 6.20 Å². The van der Waals surface area contributed by atoms with Gasteiger partial charge < -0.3 is 5.32 Å². The van der Waals surface area contributed by atoms with Gasteiger partial charge in [-0.15, -0.1) is 0 Å². The second-order valence-electron chi connectivity index (χ2n) is 4.90. The molecule has 1 aromatic heterocycles. The SMILES string of the molecule is CCNC(C1=CCCCCC1)c1ccnc(C)n1. The van der Waals surface area contributed by atoms with Crippen LogP contribution in [0.5, 0.6) is 0 Å². The Labute approximate surface area is 110 Å². The Morgan fingerprint density at radius 1 is 1.33 bits per heavy atom. The third kappa shape index (κ3) is 3.39. The van der Waals surface area contributed by atoms with Gasteiger partial charge in [-0.05, 0) is 45.2 Å². The highest BCUT2D eigenvalue weighted by Crippen LogP contribution is 2.28. The number of allylic oxidation sites excluding steroid dienone is 1. The summed E-state index contributed by atoms with van der Waals surface area (Å²) in [6.07, 6.45) is 10.7. The van der Waals surface area contributed by atoms with Gasteiger partial charge in [0.2, 0.25) is 0 Å². The molecule has 2 rings (SSSR count). The van der Waals surface area contributed by atoms with Crippen LogP contribution in [-0.4, -0.2) is 16.5 Å². The van der Waals surface area contributed by atoms with Crippen LogP contribution in [0, 0.1) is 6.92 Å². The molecule has 1 heterocycles. The highest BCUT2D eigenvalue weighted by atomic mass is 15.0. The zero-order valence-corrected chi connectivity index (χ0v) is 11.4. The third-order valence-electron chi connectivity index (χ3n) is 3.45. The van der Waals surface area contributed by atoms with Crippen LogP contribution in [0.2, 0.25) is 0 Å². The maximum Gasteiger partial charge on any atom is 0.125 e. The van der Waals surface area contributed by atoms with Gasteiger partial charge >= 0.3 is 0 Å². The molecular formula is C15H23N3. The molecule has 0 saturated carbocycles. The number of hydrogen-bond donors (Lipinski definition) is 1. The van der Waals surface area contributed by atoms with Crippen LogP contribution in [0.15, 0.2) is 23.9 Å². The molecule has 0 bridgehead atoms. The number of nitrogens with zero attached hydrogens (tertiary/aromatic N) is 2. The van der Waals surface area contributed by atoms with Gasteiger partial charge in [0.15, 0.2) is 0 Å². The Bertz CT molecular complexity index is 412. The van der Waals surface area contributed by atoms with E-state index in [0.29, 0.717) is 0 Å². The molecule has 1 unspecified atom stereocenters. The van der Waals surface area contributed by atoms with E-state index in [0.717, 1.165) is 18.1 Å². The molecule has 0 saturated heterocycles. The monoisotopic (exact) mass is 245 g/mol. The normalized spacial score (nSPS) is 18.0. The van der Waals surface area contributed by atoms with Gasteiger partial charge in [0.1, 0.15) is 5.82 Å². The molecule has 0 amide bonds. The van der Waals surface area contributed by atoms with Crippen molar-refractivity contribution in [2.45, 2.75) is 52.0 Å². The van der Waals surface area contributed by atoms with Crippen LogP contribution < -0.4 is 5.32 Å². The summed E-state index contributed by atoms with van der Waals surface area (Å²) in [6, 6.07) is 2.31. The summed E-state index contributed by atoms with van der Waals surface area (Å²) in [5.74, 6) is 0.852. The summed E-state index contributed by atoms with van der Waals surface area (Å²) in [7, 11) is 0. The molecule has 0 spiro atoms. The van der Waals surface area contributed by atoms with Gasteiger partial charge in [-0.1, -0.05) is 25.0 Å². The Morgan fingerprint density at radius 2 is 2.22 bits per heavy atom. The van der Waals surface area contributed by atoms with Crippen molar-refractivity contribution in [2.24, 2.45) is 0 Å². The van der Waals surface area contributed by atoms with Crippen molar-refractivity contribution >= 4 is 0 Å². The predicted octanol–water partition coefficient (Wildman–Crippen LogP) is 3.33. The minimum atomic E-state index is 0.273. The summed E-state index contributed by atoms with van der Waals surface area (Å²) < 4.78 is 0. The van der Waals surface area contributed by atoms with Gasteiger partial charge in [-0.25, -0.2) is 9.97 Å². The lowest BCUT2D eigenvalue weighted by molar-refractivity contribution is 0.574. The molecule has 0 aliphatic heterocycles. The standard InChI is InChI=1S/C15H23N3/c1-3-16-15(13-8-6-4-5-7-9-13)14-10-11-17-12(2)18-14/h8,10-11,15-16H,3-7,9H2,1-2H3. The average Bonchev–Trinajstić information content (AvgIpc) is 2.64. The van der Waals surface area contributed by atoms with Gasteiger partial charge in [-0.3, -0.25) is 0 Å². The molecule has 0 fully saturated rings. The first-order chi connectivity index (χ1) is 8.81. The molecule has 1 aliphatic carbocycles. The summed E-state index contributed by atoms with van der Waals surface area (Å²) in [5, 5.41) is 3.57.